The van der Waals surface area contributed by atoms with Crippen molar-refractivity contribution in [2.24, 2.45) is 0 Å². The zero-order chi connectivity index (χ0) is 22.5. The third-order valence-corrected chi connectivity index (χ3v) is 4.48. The predicted molar refractivity (Wildman–Crippen MR) is 106 cm³/mol. The predicted octanol–water partition coefficient (Wildman–Crippen LogP) is 2.85. The lowest BCUT2D eigenvalue weighted by molar-refractivity contribution is -0.122. The van der Waals surface area contributed by atoms with Crippen LogP contribution in [0.2, 0.25) is 0 Å². The summed E-state index contributed by atoms with van der Waals surface area (Å²) in [5, 5.41) is 8.55. The molecule has 1 atom stereocenters. The molecule has 0 aliphatic heterocycles. The molecule has 8 nitrogen and oxygen atoms in total. The van der Waals surface area contributed by atoms with Crippen LogP contribution >= 0.6 is 0 Å². The summed E-state index contributed by atoms with van der Waals surface area (Å²) in [4.78, 5) is 24.9. The minimum atomic E-state index is -1.28. The number of amides is 2. The fourth-order valence-electron chi connectivity index (χ4n) is 2.86. The topological polar surface area (TPSA) is 103 Å². The number of benzene rings is 2. The van der Waals surface area contributed by atoms with Gasteiger partial charge in [0.05, 0.1) is 19.8 Å². The number of nitrogens with zero attached hydrogens (tertiary/aromatic N) is 1. The van der Waals surface area contributed by atoms with Crippen LogP contribution in [0, 0.1) is 11.6 Å². The first kappa shape index (κ1) is 21.8. The molecule has 10 heteroatoms. The molecule has 2 aromatic carbocycles. The number of halogens is 2. The lowest BCUT2D eigenvalue weighted by Gasteiger charge is -2.17. The average Bonchev–Trinajstić information content (AvgIpc) is 3.28. The van der Waals surface area contributed by atoms with Crippen molar-refractivity contribution in [3.8, 4) is 22.8 Å². The van der Waals surface area contributed by atoms with E-state index in [1.165, 1.54) is 33.4 Å². The summed E-state index contributed by atoms with van der Waals surface area (Å²) in [6.45, 7) is 0. The van der Waals surface area contributed by atoms with Gasteiger partial charge in [0.25, 0.3) is 5.91 Å². The van der Waals surface area contributed by atoms with Crippen LogP contribution in [0.15, 0.2) is 47.0 Å². The number of likely N-dealkylation sites (N-methyl/N-ethyl adjacent to an activating group) is 1. The van der Waals surface area contributed by atoms with Gasteiger partial charge in [-0.25, -0.2) is 8.78 Å². The van der Waals surface area contributed by atoms with Gasteiger partial charge in [-0.3, -0.25) is 9.59 Å². The molecule has 0 saturated carbocycles. The molecule has 0 spiro atoms. The molecule has 162 valence electrons. The maximum atomic E-state index is 13.6. The summed E-state index contributed by atoms with van der Waals surface area (Å²) in [7, 11) is 4.33. The SMILES string of the molecule is CNC(=O)C(NC(=O)c1cc(-c2cc(OC)ccc2OC)on1)c1ccc(F)c(F)c1. The van der Waals surface area contributed by atoms with Gasteiger partial charge < -0.3 is 24.6 Å². The fraction of sp³-hybridized carbons (Fsp3) is 0.190. The van der Waals surface area contributed by atoms with Gasteiger partial charge in [0.15, 0.2) is 23.1 Å². The number of hydrogen-bond acceptors (Lipinski definition) is 6. The van der Waals surface area contributed by atoms with Crippen LogP contribution in [0.25, 0.3) is 11.3 Å². The number of rotatable bonds is 7. The first-order chi connectivity index (χ1) is 14.9. The second kappa shape index (κ2) is 9.24. The first-order valence-electron chi connectivity index (χ1n) is 9.04. The zero-order valence-electron chi connectivity index (χ0n) is 16.9. The van der Waals surface area contributed by atoms with Gasteiger partial charge in [0.1, 0.15) is 17.5 Å². The van der Waals surface area contributed by atoms with Crippen LogP contribution in [-0.4, -0.2) is 38.2 Å². The summed E-state index contributed by atoms with van der Waals surface area (Å²) in [6.07, 6.45) is 0. The van der Waals surface area contributed by atoms with E-state index in [0.29, 0.717) is 17.1 Å². The number of ether oxygens (including phenoxy) is 2. The lowest BCUT2D eigenvalue weighted by atomic mass is 10.1. The Morgan fingerprint density at radius 1 is 1.03 bits per heavy atom. The maximum absolute atomic E-state index is 13.6. The molecule has 1 unspecified atom stereocenters. The quantitative estimate of drug-likeness (QED) is 0.597. The highest BCUT2D eigenvalue weighted by Gasteiger charge is 2.25. The van der Waals surface area contributed by atoms with E-state index in [1.807, 2.05) is 0 Å². The molecule has 0 aliphatic rings. The number of methoxy groups -OCH3 is 2. The Balaban J connectivity index is 1.88. The summed E-state index contributed by atoms with van der Waals surface area (Å²) in [6, 6.07) is 8.01. The third kappa shape index (κ3) is 4.63. The highest BCUT2D eigenvalue weighted by atomic mass is 19.2. The molecule has 3 aromatic rings. The monoisotopic (exact) mass is 431 g/mol. The van der Waals surface area contributed by atoms with Crippen molar-refractivity contribution >= 4 is 11.8 Å². The number of aromatic nitrogens is 1. The lowest BCUT2D eigenvalue weighted by Crippen LogP contribution is -2.39. The molecular weight excluding hydrogens is 412 g/mol. The molecule has 0 saturated heterocycles. The molecule has 2 N–H and O–H groups in total. The van der Waals surface area contributed by atoms with E-state index in [0.717, 1.165) is 12.1 Å². The van der Waals surface area contributed by atoms with Crippen molar-refractivity contribution in [3.05, 3.63) is 65.4 Å². The van der Waals surface area contributed by atoms with Crippen LogP contribution < -0.4 is 20.1 Å². The minimum Gasteiger partial charge on any atom is -0.497 e. The Morgan fingerprint density at radius 3 is 2.45 bits per heavy atom. The van der Waals surface area contributed by atoms with E-state index in [1.54, 1.807) is 18.2 Å². The molecule has 3 rings (SSSR count). The summed E-state index contributed by atoms with van der Waals surface area (Å²) >= 11 is 0. The van der Waals surface area contributed by atoms with Crippen LogP contribution in [-0.2, 0) is 4.79 Å². The molecule has 0 radical (unpaired) electrons. The van der Waals surface area contributed by atoms with E-state index in [4.69, 9.17) is 14.0 Å². The van der Waals surface area contributed by atoms with Crippen LogP contribution in [0.5, 0.6) is 11.5 Å². The number of nitrogens with one attached hydrogen (secondary N) is 2. The third-order valence-electron chi connectivity index (χ3n) is 4.48. The van der Waals surface area contributed by atoms with Crippen LogP contribution in [0.4, 0.5) is 8.78 Å². The molecule has 0 fully saturated rings. The minimum absolute atomic E-state index is 0.0600. The van der Waals surface area contributed by atoms with Crippen molar-refractivity contribution in [3.63, 3.8) is 0 Å². The van der Waals surface area contributed by atoms with Crippen LogP contribution in [0.3, 0.4) is 0 Å². The second-order valence-electron chi connectivity index (χ2n) is 6.34. The normalized spacial score (nSPS) is 11.5. The Hall–Kier alpha value is -3.95. The van der Waals surface area contributed by atoms with E-state index < -0.39 is 29.5 Å². The van der Waals surface area contributed by atoms with Gasteiger partial charge >= 0.3 is 0 Å². The Morgan fingerprint density at radius 2 is 1.81 bits per heavy atom. The Kier molecular flexibility index (Phi) is 6.49. The largest absolute Gasteiger partial charge is 0.497 e. The van der Waals surface area contributed by atoms with Gasteiger partial charge in [0.2, 0.25) is 5.91 Å². The Bertz CT molecular complexity index is 1120. The summed E-state index contributed by atoms with van der Waals surface area (Å²) in [5.41, 5.74) is 0.429. The maximum Gasteiger partial charge on any atom is 0.274 e. The molecule has 1 aromatic heterocycles. The van der Waals surface area contributed by atoms with Crippen molar-refractivity contribution in [1.82, 2.24) is 15.8 Å². The highest BCUT2D eigenvalue weighted by Crippen LogP contribution is 2.33. The standard InChI is InChI=1S/C21H19F2N3O5/c1-24-21(28)19(11-4-6-14(22)15(23)8-11)25-20(27)16-10-18(31-26-16)13-9-12(29-2)5-7-17(13)30-3/h4-10,19H,1-3H3,(H,24,28)(H,25,27). The summed E-state index contributed by atoms with van der Waals surface area (Å²) < 4.78 is 42.6. The van der Waals surface area contributed by atoms with E-state index in [9.17, 15) is 18.4 Å². The highest BCUT2D eigenvalue weighted by molar-refractivity contribution is 5.97. The molecule has 0 aliphatic carbocycles. The van der Waals surface area contributed by atoms with E-state index in [-0.39, 0.29) is 17.0 Å². The summed E-state index contributed by atoms with van der Waals surface area (Å²) in [5.74, 6) is -2.36. The van der Waals surface area contributed by atoms with Gasteiger partial charge in [-0.05, 0) is 35.9 Å². The van der Waals surface area contributed by atoms with Crippen molar-refractivity contribution < 1.29 is 32.4 Å². The van der Waals surface area contributed by atoms with E-state index >= 15 is 0 Å². The molecule has 31 heavy (non-hydrogen) atoms. The zero-order valence-corrected chi connectivity index (χ0v) is 16.9. The van der Waals surface area contributed by atoms with Gasteiger partial charge in [-0.2, -0.15) is 0 Å². The van der Waals surface area contributed by atoms with Crippen LogP contribution in [0.1, 0.15) is 22.1 Å². The van der Waals surface area contributed by atoms with Gasteiger partial charge in [0, 0.05) is 13.1 Å². The molecule has 2 amide bonds. The molecular formula is C21H19F2N3O5. The first-order valence-corrected chi connectivity index (χ1v) is 9.04. The van der Waals surface area contributed by atoms with Gasteiger partial charge in [-0.15, -0.1) is 0 Å². The smallest absolute Gasteiger partial charge is 0.274 e. The average molecular weight is 431 g/mol. The molecule has 1 heterocycles. The number of carbonyl (C=O) groups is 2. The van der Waals surface area contributed by atoms with Crippen molar-refractivity contribution in [2.45, 2.75) is 6.04 Å². The fourth-order valence-corrected chi connectivity index (χ4v) is 2.86. The van der Waals surface area contributed by atoms with Crippen molar-refractivity contribution in [2.75, 3.05) is 21.3 Å². The number of hydrogen-bond donors (Lipinski definition) is 2. The van der Waals surface area contributed by atoms with E-state index in [2.05, 4.69) is 15.8 Å². The molecule has 0 bridgehead atoms. The van der Waals surface area contributed by atoms with Gasteiger partial charge in [-0.1, -0.05) is 11.2 Å². The Labute approximate surface area is 176 Å². The second-order valence-corrected chi connectivity index (χ2v) is 6.34. The number of carbonyl (C=O) groups excluding carboxylic acids is 2. The van der Waals surface area contributed by atoms with Crippen molar-refractivity contribution in [1.29, 1.82) is 0 Å².